The number of aromatic hydroxyl groups is 1. The number of anilines is 1. The minimum absolute atomic E-state index is 0.0897. The van der Waals surface area contributed by atoms with E-state index < -0.39 is 5.97 Å². The smallest absolute Gasteiger partial charge is 0.328 e. The Bertz CT molecular complexity index is 423. The van der Waals surface area contributed by atoms with Crippen LogP contribution >= 0.6 is 0 Å². The van der Waals surface area contributed by atoms with Crippen molar-refractivity contribution in [1.82, 2.24) is 0 Å². The summed E-state index contributed by atoms with van der Waals surface area (Å²) in [5.41, 5.74) is 1.43. The second kappa shape index (κ2) is 5.94. The fourth-order valence-electron chi connectivity index (χ4n) is 1.62. The Balaban J connectivity index is 2.97. The fraction of sp³-hybridized carbons (Fsp3) is 0.308. The lowest BCUT2D eigenvalue weighted by Gasteiger charge is -2.21. The molecule has 0 heterocycles. The first kappa shape index (κ1) is 13.1. The normalized spacial score (nSPS) is 10.7. The summed E-state index contributed by atoms with van der Waals surface area (Å²) in [7, 11) is 0. The number of phenolic OH excluding ortho intramolecular Hbond substituents is 1. The van der Waals surface area contributed by atoms with Crippen molar-refractivity contribution in [2.45, 2.75) is 13.8 Å². The molecule has 0 fully saturated rings. The summed E-state index contributed by atoms with van der Waals surface area (Å²) in [6.07, 6.45) is 2.38. The number of hydrogen-bond acceptors (Lipinski definition) is 3. The number of nitrogens with zero attached hydrogens (tertiary/aromatic N) is 1. The van der Waals surface area contributed by atoms with Gasteiger partial charge in [-0.2, -0.15) is 0 Å². The molecule has 0 radical (unpaired) electrons. The molecule has 92 valence electrons. The van der Waals surface area contributed by atoms with Crippen molar-refractivity contribution in [3.63, 3.8) is 0 Å². The highest BCUT2D eigenvalue weighted by atomic mass is 16.4. The van der Waals surface area contributed by atoms with Gasteiger partial charge >= 0.3 is 5.97 Å². The molecule has 2 N–H and O–H groups in total. The summed E-state index contributed by atoms with van der Waals surface area (Å²) in [5.74, 6) is -0.941. The first-order valence-corrected chi connectivity index (χ1v) is 5.57. The van der Waals surface area contributed by atoms with Crippen LogP contribution < -0.4 is 4.90 Å². The molecule has 0 saturated carbocycles. The number of carbonyl (C=O) groups is 1. The maximum absolute atomic E-state index is 10.4. The molecule has 0 bridgehead atoms. The highest BCUT2D eigenvalue weighted by molar-refractivity contribution is 5.86. The molecule has 1 aromatic rings. The zero-order chi connectivity index (χ0) is 12.8. The molecule has 0 aliphatic rings. The Morgan fingerprint density at radius 2 is 2.00 bits per heavy atom. The number of phenols is 1. The summed E-state index contributed by atoms with van der Waals surface area (Å²) in [4.78, 5) is 12.5. The Morgan fingerprint density at radius 3 is 2.47 bits per heavy atom. The lowest BCUT2D eigenvalue weighted by atomic mass is 10.1. The predicted molar refractivity (Wildman–Crippen MR) is 68.3 cm³/mol. The summed E-state index contributed by atoms with van der Waals surface area (Å²) in [5, 5.41) is 18.3. The van der Waals surface area contributed by atoms with E-state index in [1.165, 1.54) is 6.08 Å². The molecular weight excluding hydrogens is 218 g/mol. The molecule has 0 saturated heterocycles. The van der Waals surface area contributed by atoms with Crippen LogP contribution in [0.2, 0.25) is 0 Å². The Kier molecular flexibility index (Phi) is 4.57. The first-order chi connectivity index (χ1) is 8.08. The van der Waals surface area contributed by atoms with E-state index in [0.717, 1.165) is 24.9 Å². The van der Waals surface area contributed by atoms with E-state index in [1.54, 1.807) is 12.1 Å². The zero-order valence-corrected chi connectivity index (χ0v) is 10.1. The molecule has 1 aromatic carbocycles. The van der Waals surface area contributed by atoms with Gasteiger partial charge in [-0.25, -0.2) is 4.79 Å². The quantitative estimate of drug-likeness (QED) is 0.769. The average Bonchev–Trinajstić information content (AvgIpc) is 2.29. The molecule has 0 aliphatic carbocycles. The lowest BCUT2D eigenvalue weighted by molar-refractivity contribution is -0.131. The van der Waals surface area contributed by atoms with Crippen molar-refractivity contribution in [3.05, 3.63) is 29.8 Å². The minimum atomic E-state index is -1.03. The Morgan fingerprint density at radius 1 is 1.35 bits per heavy atom. The van der Waals surface area contributed by atoms with Gasteiger partial charge in [-0.1, -0.05) is 0 Å². The Labute approximate surface area is 101 Å². The third kappa shape index (κ3) is 3.52. The van der Waals surface area contributed by atoms with Gasteiger partial charge in [-0.05, 0) is 32.1 Å². The van der Waals surface area contributed by atoms with Gasteiger partial charge in [0.1, 0.15) is 5.75 Å². The third-order valence-corrected chi connectivity index (χ3v) is 2.55. The van der Waals surface area contributed by atoms with E-state index in [0.29, 0.717) is 5.56 Å². The number of benzene rings is 1. The van der Waals surface area contributed by atoms with Crippen LogP contribution in [-0.4, -0.2) is 29.3 Å². The largest absolute Gasteiger partial charge is 0.507 e. The Hall–Kier alpha value is -1.97. The van der Waals surface area contributed by atoms with Crippen LogP contribution in [0.25, 0.3) is 6.08 Å². The second-order valence-corrected chi connectivity index (χ2v) is 3.59. The number of carboxylic acids is 1. The maximum atomic E-state index is 10.4. The van der Waals surface area contributed by atoms with Gasteiger partial charge in [0, 0.05) is 36.5 Å². The van der Waals surface area contributed by atoms with Crippen molar-refractivity contribution in [2.75, 3.05) is 18.0 Å². The number of carboxylic acid groups (broad SMARTS) is 1. The van der Waals surface area contributed by atoms with E-state index in [2.05, 4.69) is 4.90 Å². The van der Waals surface area contributed by atoms with Gasteiger partial charge in [0.25, 0.3) is 0 Å². The van der Waals surface area contributed by atoms with Crippen molar-refractivity contribution < 1.29 is 15.0 Å². The zero-order valence-electron chi connectivity index (χ0n) is 10.1. The summed E-state index contributed by atoms with van der Waals surface area (Å²) in [6, 6.07) is 5.23. The maximum Gasteiger partial charge on any atom is 0.328 e. The SMILES string of the molecule is CCN(CC)c1ccc(C=CC(=O)O)c(O)c1. The number of rotatable bonds is 5. The van der Waals surface area contributed by atoms with Gasteiger partial charge in [0.2, 0.25) is 0 Å². The number of hydrogen-bond donors (Lipinski definition) is 2. The number of aliphatic carboxylic acids is 1. The van der Waals surface area contributed by atoms with Crippen LogP contribution in [0.15, 0.2) is 24.3 Å². The summed E-state index contributed by atoms with van der Waals surface area (Å²) in [6.45, 7) is 5.80. The molecule has 4 nitrogen and oxygen atoms in total. The van der Waals surface area contributed by atoms with Crippen LogP contribution in [0.5, 0.6) is 5.75 Å². The fourth-order valence-corrected chi connectivity index (χ4v) is 1.62. The van der Waals surface area contributed by atoms with Gasteiger partial charge in [0.15, 0.2) is 0 Å². The minimum Gasteiger partial charge on any atom is -0.507 e. The van der Waals surface area contributed by atoms with Gasteiger partial charge in [-0.3, -0.25) is 0 Å². The molecular formula is C13H17NO3. The molecule has 17 heavy (non-hydrogen) atoms. The third-order valence-electron chi connectivity index (χ3n) is 2.55. The molecule has 0 amide bonds. The highest BCUT2D eigenvalue weighted by Gasteiger charge is 2.05. The molecule has 0 unspecified atom stereocenters. The van der Waals surface area contributed by atoms with Crippen LogP contribution in [0.3, 0.4) is 0 Å². The van der Waals surface area contributed by atoms with Gasteiger partial charge in [-0.15, -0.1) is 0 Å². The van der Waals surface area contributed by atoms with Crippen LogP contribution in [0.4, 0.5) is 5.69 Å². The monoisotopic (exact) mass is 235 g/mol. The molecule has 1 rings (SSSR count). The van der Waals surface area contributed by atoms with E-state index in [4.69, 9.17) is 5.11 Å². The van der Waals surface area contributed by atoms with Crippen LogP contribution in [0, 0.1) is 0 Å². The van der Waals surface area contributed by atoms with Crippen molar-refractivity contribution in [3.8, 4) is 5.75 Å². The van der Waals surface area contributed by atoms with Crippen LogP contribution in [-0.2, 0) is 4.79 Å². The van der Waals surface area contributed by atoms with E-state index in [-0.39, 0.29) is 5.75 Å². The lowest BCUT2D eigenvalue weighted by Crippen LogP contribution is -2.21. The predicted octanol–water partition coefficient (Wildman–Crippen LogP) is 2.34. The standard InChI is InChI=1S/C13H17NO3/c1-3-14(4-2)11-7-5-10(12(15)9-11)6-8-13(16)17/h5-9,15H,3-4H2,1-2H3,(H,16,17). The van der Waals surface area contributed by atoms with E-state index in [1.807, 2.05) is 19.9 Å². The molecule has 0 aromatic heterocycles. The summed E-state index contributed by atoms with van der Waals surface area (Å²) < 4.78 is 0. The van der Waals surface area contributed by atoms with Crippen molar-refractivity contribution in [2.24, 2.45) is 0 Å². The average molecular weight is 235 g/mol. The molecule has 4 heteroatoms. The first-order valence-electron chi connectivity index (χ1n) is 5.57. The second-order valence-electron chi connectivity index (χ2n) is 3.59. The molecule has 0 spiro atoms. The molecule has 0 atom stereocenters. The highest BCUT2D eigenvalue weighted by Crippen LogP contribution is 2.25. The van der Waals surface area contributed by atoms with Crippen LogP contribution in [0.1, 0.15) is 19.4 Å². The van der Waals surface area contributed by atoms with E-state index in [9.17, 15) is 9.90 Å². The van der Waals surface area contributed by atoms with Crippen molar-refractivity contribution >= 4 is 17.7 Å². The van der Waals surface area contributed by atoms with Gasteiger partial charge in [0.05, 0.1) is 0 Å². The summed E-state index contributed by atoms with van der Waals surface area (Å²) >= 11 is 0. The van der Waals surface area contributed by atoms with E-state index >= 15 is 0 Å². The van der Waals surface area contributed by atoms with Crippen molar-refractivity contribution in [1.29, 1.82) is 0 Å². The molecule has 0 aliphatic heterocycles. The van der Waals surface area contributed by atoms with Gasteiger partial charge < -0.3 is 15.1 Å². The topological polar surface area (TPSA) is 60.8 Å².